The molecule has 7 rings (SSSR count). The zero-order chi connectivity index (χ0) is 79.6. The van der Waals surface area contributed by atoms with Crippen LogP contribution in [0.2, 0.25) is 0 Å². The van der Waals surface area contributed by atoms with E-state index in [0.29, 0.717) is 77.5 Å². The number of piperidine rings is 2. The first kappa shape index (κ1) is 88.9. The molecular weight excluding hydrogens is 1420 g/mol. The second-order valence-electron chi connectivity index (χ2n) is 33.4. The molecule has 4 aliphatic carbocycles. The molecule has 0 aromatic rings. The average Bonchev–Trinajstić information content (AvgIpc) is 1.43. The summed E-state index contributed by atoms with van der Waals surface area (Å²) in [5.74, 6) is -11.2. The van der Waals surface area contributed by atoms with E-state index < -0.39 is 180 Å². The minimum absolute atomic E-state index is 0.0152. The van der Waals surface area contributed by atoms with Crippen LogP contribution in [0.3, 0.4) is 0 Å². The lowest BCUT2D eigenvalue weighted by Crippen LogP contribution is -2.66. The van der Waals surface area contributed by atoms with Gasteiger partial charge in [0.2, 0.25) is 70.9 Å². The van der Waals surface area contributed by atoms with Crippen molar-refractivity contribution in [3.8, 4) is 0 Å². The zero-order valence-corrected chi connectivity index (χ0v) is 67.6. The van der Waals surface area contributed by atoms with Gasteiger partial charge < -0.3 is 70.1 Å². The number of likely N-dealkylation sites (N-methyl/N-ethyl adjacent to an activating group) is 8. The molecular formula is C78H129ClF3N13O13. The quantitative estimate of drug-likeness (QED) is 0.138. The van der Waals surface area contributed by atoms with Crippen LogP contribution in [-0.2, 0) is 62.3 Å². The van der Waals surface area contributed by atoms with Crippen LogP contribution >= 0.6 is 11.6 Å². The van der Waals surface area contributed by atoms with Crippen LogP contribution < -0.4 is 21.3 Å². The minimum Gasteiger partial charge on any atom is -0.380 e. The molecule has 7 aliphatic rings. The van der Waals surface area contributed by atoms with E-state index in [1.54, 1.807) is 18.9 Å². The van der Waals surface area contributed by atoms with Gasteiger partial charge in [0.05, 0.1) is 38.1 Å². The van der Waals surface area contributed by atoms with E-state index in [1.165, 1.54) is 80.9 Å². The summed E-state index contributed by atoms with van der Waals surface area (Å²) >= 11 is 6.48. The molecule has 3 heterocycles. The van der Waals surface area contributed by atoms with Gasteiger partial charge in [0.1, 0.15) is 47.8 Å². The summed E-state index contributed by atoms with van der Waals surface area (Å²) in [4.78, 5) is 194. The molecule has 0 bridgehead atoms. The molecule has 3 aliphatic heterocycles. The topological polar surface area (TPSA) is 291 Å². The Hall–Kier alpha value is -6.36. The molecule has 4 N–H and O–H groups in total. The van der Waals surface area contributed by atoms with Crippen molar-refractivity contribution in [2.24, 2.45) is 41.4 Å². The Bertz CT molecular complexity index is 3090. The van der Waals surface area contributed by atoms with E-state index in [0.717, 1.165) is 72.5 Å². The van der Waals surface area contributed by atoms with E-state index in [2.05, 4.69) is 21.3 Å². The molecule has 12 amide bonds. The van der Waals surface area contributed by atoms with Gasteiger partial charge >= 0.3 is 6.18 Å². The number of amides is 12. The lowest BCUT2D eigenvalue weighted by atomic mass is 9.78. The Balaban J connectivity index is 1.33. The molecule has 0 aromatic heterocycles. The summed E-state index contributed by atoms with van der Waals surface area (Å²) in [5.41, 5.74) is -1.63. The summed E-state index contributed by atoms with van der Waals surface area (Å²) in [6.45, 7) is 7.38. The Kier molecular flexibility index (Phi) is 33.5. The summed E-state index contributed by atoms with van der Waals surface area (Å²) in [5, 5.41) is 11.1. The number of halogens is 4. The van der Waals surface area contributed by atoms with Gasteiger partial charge in [0.25, 0.3) is 0 Å². The van der Waals surface area contributed by atoms with Crippen molar-refractivity contribution in [2.75, 3.05) is 109 Å². The maximum Gasteiger partial charge on any atom is 0.393 e. The fourth-order valence-electron chi connectivity index (χ4n) is 17.8. The van der Waals surface area contributed by atoms with Gasteiger partial charge in [-0.3, -0.25) is 57.5 Å². The fraction of sp³-hybridized carbons (Fsp3) is 0.846. The van der Waals surface area contributed by atoms with Crippen LogP contribution in [-0.4, -0.2) is 290 Å². The second kappa shape index (κ2) is 40.7. The zero-order valence-electron chi connectivity index (χ0n) is 66.8. The van der Waals surface area contributed by atoms with Crippen molar-refractivity contribution in [3.05, 3.63) is 0 Å². The van der Waals surface area contributed by atoms with E-state index in [1.807, 2.05) is 20.8 Å². The highest BCUT2D eigenvalue weighted by Gasteiger charge is 2.52. The number of ether oxygens (including phenoxy) is 1. The van der Waals surface area contributed by atoms with Gasteiger partial charge in [0, 0.05) is 88.5 Å². The van der Waals surface area contributed by atoms with Crippen LogP contribution in [0.5, 0.6) is 0 Å². The van der Waals surface area contributed by atoms with Gasteiger partial charge in [-0.2, -0.15) is 13.2 Å². The molecule has 4 saturated carbocycles. The summed E-state index contributed by atoms with van der Waals surface area (Å²) < 4.78 is 48.3. The molecule has 3 saturated heterocycles. The molecule has 7 fully saturated rings. The molecule has 13 atom stereocenters. The van der Waals surface area contributed by atoms with Gasteiger partial charge in [-0.05, 0) is 145 Å². The van der Waals surface area contributed by atoms with E-state index in [-0.39, 0.29) is 88.1 Å². The molecule has 108 heavy (non-hydrogen) atoms. The first-order valence-corrected chi connectivity index (χ1v) is 40.7. The Labute approximate surface area is 644 Å². The first-order chi connectivity index (χ1) is 51.0. The molecule has 0 aromatic carbocycles. The predicted molar refractivity (Wildman–Crippen MR) is 403 cm³/mol. The number of hydrogen-bond donors (Lipinski definition) is 4. The van der Waals surface area contributed by atoms with Crippen molar-refractivity contribution in [1.29, 1.82) is 0 Å². The number of alkyl halides is 4. The van der Waals surface area contributed by atoms with Crippen molar-refractivity contribution in [3.63, 3.8) is 0 Å². The number of nitrogens with one attached hydrogen (secondary N) is 4. The third kappa shape index (κ3) is 23.4. The first-order valence-electron chi connectivity index (χ1n) is 40.2. The van der Waals surface area contributed by atoms with Crippen LogP contribution in [0.15, 0.2) is 0 Å². The number of nitrogens with zero attached hydrogens (tertiary/aromatic N) is 9. The Morgan fingerprint density at radius 3 is 1.77 bits per heavy atom. The highest BCUT2D eigenvalue weighted by atomic mass is 35.5. The number of rotatable bonds is 14. The van der Waals surface area contributed by atoms with Gasteiger partial charge in [0.15, 0.2) is 0 Å². The number of methoxy groups -OCH3 is 1. The number of likely N-dealkylation sites (tertiary alicyclic amines) is 1. The smallest absolute Gasteiger partial charge is 0.380 e. The van der Waals surface area contributed by atoms with Crippen LogP contribution in [0.1, 0.15) is 207 Å². The van der Waals surface area contributed by atoms with Crippen molar-refractivity contribution in [2.45, 2.75) is 273 Å². The predicted octanol–water partition coefficient (Wildman–Crippen LogP) is 6.34. The molecule has 612 valence electrons. The van der Waals surface area contributed by atoms with Crippen molar-refractivity contribution < 1.29 is 75.4 Å². The number of carbonyl (C=O) groups excluding carboxylic acids is 12. The van der Waals surface area contributed by atoms with Crippen LogP contribution in [0.25, 0.3) is 0 Å². The highest BCUT2D eigenvalue weighted by molar-refractivity contribution is 6.21. The third-order valence-corrected chi connectivity index (χ3v) is 25.5. The van der Waals surface area contributed by atoms with Crippen molar-refractivity contribution >= 4 is 82.5 Å². The molecule has 5 unspecified atom stereocenters. The van der Waals surface area contributed by atoms with Crippen LogP contribution in [0, 0.1) is 41.4 Å². The second-order valence-corrected chi connectivity index (χ2v) is 33.9. The lowest BCUT2D eigenvalue weighted by Gasteiger charge is -2.44. The highest BCUT2D eigenvalue weighted by Crippen LogP contribution is 2.44. The Morgan fingerprint density at radius 1 is 0.574 bits per heavy atom. The summed E-state index contributed by atoms with van der Waals surface area (Å²) in [6, 6.07) is -8.89. The van der Waals surface area contributed by atoms with Crippen LogP contribution in [0.4, 0.5) is 13.2 Å². The molecule has 1 spiro atoms. The van der Waals surface area contributed by atoms with E-state index >= 15 is 33.6 Å². The normalized spacial score (nSPS) is 30.5. The largest absolute Gasteiger partial charge is 0.393 e. The molecule has 30 heteroatoms. The minimum atomic E-state index is -4.53. The van der Waals surface area contributed by atoms with Gasteiger partial charge in [-0.15, -0.1) is 11.6 Å². The number of hydrogen-bond acceptors (Lipinski definition) is 14. The fourth-order valence-corrected chi connectivity index (χ4v) is 18.3. The maximum atomic E-state index is 16.1. The average molecular weight is 1550 g/mol. The number of carbonyl (C=O) groups is 12. The van der Waals surface area contributed by atoms with E-state index in [4.69, 9.17) is 16.3 Å². The third-order valence-electron chi connectivity index (χ3n) is 25.0. The molecule has 0 radical (unpaired) electrons. The maximum absolute atomic E-state index is 16.1. The Morgan fingerprint density at radius 2 is 1.17 bits per heavy atom. The summed E-state index contributed by atoms with van der Waals surface area (Å²) in [7, 11) is 13.1. The van der Waals surface area contributed by atoms with E-state index in [9.17, 15) is 37.1 Å². The lowest BCUT2D eigenvalue weighted by molar-refractivity contribution is -0.182. The van der Waals surface area contributed by atoms with Crippen molar-refractivity contribution in [1.82, 2.24) is 65.4 Å². The summed E-state index contributed by atoms with van der Waals surface area (Å²) in [6.07, 6.45) is 7.14. The monoisotopic (exact) mass is 1550 g/mol. The molecule has 26 nitrogen and oxygen atoms in total. The van der Waals surface area contributed by atoms with Gasteiger partial charge in [-0.1, -0.05) is 98.3 Å². The van der Waals surface area contributed by atoms with Gasteiger partial charge in [-0.25, -0.2) is 0 Å². The standard InChI is InChI=1S/C78H129ClF3N13O13/c1-14-50(4)67-74(105)89(7)47-65(98)87(5)48-66(99)91(9)61(41-51-26-18-15-19-27-51)72(103)88(6)46-63(96)84-58(33-31-52-30-32-56(57(79)40-52)78(80,81)82)71(102)92(10)60(42-53-39-55(108-13)45-83-44-53)70(101)86-77(34-22-23-35-77)76(107)94(12)68(54-28-20-16-21-29-54)75(106)93(11)62(73(104)95-36-24-17-25-37-95)43-64(97)90(8)59(38-49(2)3)69(100)85-67/h49-62,67-68,83H,14-48H2,1-13H3,(H,84,96)(H,85,100)(H,86,101)/t50-,52?,53?,55?,56?,57?,58-,59-,60-,61-,62-,67-,68-/m0/s1. The SMILES string of the molecule is CC[C@H](C)[C@@H]1NC(=O)[C@H](CC(C)C)N(C)C(=O)C[C@@H](C(=O)N2CCCCC2)N(C)C(=O)[C@H](C2CCCCC2)N(C)C(=O)C2(CCCC2)NC(=O)[C@H](CC2CNCC(OC)C2)N(C)C(=O)[C@H](CCC2CCC(C(F)(F)F)C(Cl)C2)NC(=O)CN(C)C(=O)[C@H](CC2CCCCC2)N(C)C(=O)CN(C)C(=O)CN(C)C1=O.